The number of nitrogens with zero attached hydrogens (tertiary/aromatic N) is 2. The van der Waals surface area contributed by atoms with Crippen LogP contribution in [0.25, 0.3) is 0 Å². The van der Waals surface area contributed by atoms with E-state index in [-0.39, 0.29) is 24.9 Å². The number of hydrogen-bond acceptors (Lipinski definition) is 4. The summed E-state index contributed by atoms with van der Waals surface area (Å²) in [6.45, 7) is 0.611. The van der Waals surface area contributed by atoms with Crippen LogP contribution in [0.2, 0.25) is 0 Å². The molecular weight excluding hydrogens is 314 g/mol. The number of sulfonamides is 1. The van der Waals surface area contributed by atoms with E-state index in [2.05, 4.69) is 10.3 Å². The molecule has 1 heterocycles. The van der Waals surface area contributed by atoms with Gasteiger partial charge in [-0.25, -0.2) is 8.42 Å². The third-order valence-corrected chi connectivity index (χ3v) is 5.49. The molecule has 128 valence electrons. The minimum absolute atomic E-state index is 0.0438. The van der Waals surface area contributed by atoms with Gasteiger partial charge in [0, 0.05) is 25.2 Å². The molecule has 1 N–H and O–H groups in total. The number of carbonyl (C=O) groups excluding carboxylic acids is 1. The molecule has 0 saturated heterocycles. The maximum atomic E-state index is 12.0. The normalized spacial score (nSPS) is 16.4. The molecule has 0 spiro atoms. The lowest BCUT2D eigenvalue weighted by Crippen LogP contribution is -2.42. The molecule has 2 rings (SSSR count). The Labute approximate surface area is 138 Å². The molecule has 0 bridgehead atoms. The molecule has 1 fully saturated rings. The Morgan fingerprint density at radius 1 is 1.30 bits per heavy atom. The van der Waals surface area contributed by atoms with Crippen molar-refractivity contribution in [3.8, 4) is 0 Å². The molecular formula is C16H25N3O3S. The molecule has 7 heteroatoms. The summed E-state index contributed by atoms with van der Waals surface area (Å²) >= 11 is 0. The van der Waals surface area contributed by atoms with Crippen LogP contribution in [0, 0.1) is 0 Å². The highest BCUT2D eigenvalue weighted by atomic mass is 32.2. The van der Waals surface area contributed by atoms with Gasteiger partial charge in [-0.15, -0.1) is 0 Å². The van der Waals surface area contributed by atoms with Crippen LogP contribution in [0.4, 0.5) is 0 Å². The topological polar surface area (TPSA) is 79.4 Å². The zero-order chi connectivity index (χ0) is 16.7. The highest BCUT2D eigenvalue weighted by Crippen LogP contribution is 2.24. The molecule has 0 aromatic carbocycles. The van der Waals surface area contributed by atoms with Crippen LogP contribution >= 0.6 is 0 Å². The van der Waals surface area contributed by atoms with Crippen LogP contribution in [0.1, 0.15) is 44.2 Å². The first kappa shape index (κ1) is 17.9. The zero-order valence-corrected chi connectivity index (χ0v) is 14.4. The maximum Gasteiger partial charge on any atom is 0.221 e. The third kappa shape index (κ3) is 5.91. The minimum Gasteiger partial charge on any atom is -0.350 e. The van der Waals surface area contributed by atoms with E-state index in [1.165, 1.54) is 17.0 Å². The van der Waals surface area contributed by atoms with Gasteiger partial charge in [0.25, 0.3) is 0 Å². The predicted molar refractivity (Wildman–Crippen MR) is 89.1 cm³/mol. The SMILES string of the molecule is CS(=O)(=O)N(CCC(=O)NCc1ccccn1)C1CCCCC1. The Bertz CT molecular complexity index is 598. The number of nitrogens with one attached hydrogen (secondary N) is 1. The van der Waals surface area contributed by atoms with E-state index in [1.807, 2.05) is 18.2 Å². The average molecular weight is 339 g/mol. The second-order valence-corrected chi connectivity index (χ2v) is 7.95. The fraction of sp³-hybridized carbons (Fsp3) is 0.625. The molecule has 0 atom stereocenters. The van der Waals surface area contributed by atoms with Crippen LogP contribution in [-0.2, 0) is 21.4 Å². The van der Waals surface area contributed by atoms with Gasteiger partial charge in [0.05, 0.1) is 18.5 Å². The Morgan fingerprint density at radius 3 is 2.65 bits per heavy atom. The molecule has 1 aliphatic carbocycles. The first-order chi connectivity index (χ1) is 11.0. The lowest BCUT2D eigenvalue weighted by molar-refractivity contribution is -0.121. The number of rotatable bonds is 7. The fourth-order valence-electron chi connectivity index (χ4n) is 2.98. The summed E-state index contributed by atoms with van der Waals surface area (Å²) in [7, 11) is -3.29. The minimum atomic E-state index is -3.29. The molecule has 6 nitrogen and oxygen atoms in total. The van der Waals surface area contributed by atoms with Crippen molar-refractivity contribution >= 4 is 15.9 Å². The summed E-state index contributed by atoms with van der Waals surface area (Å²) < 4.78 is 25.5. The number of amides is 1. The van der Waals surface area contributed by atoms with Crippen molar-refractivity contribution in [2.24, 2.45) is 0 Å². The Balaban J connectivity index is 1.84. The lowest BCUT2D eigenvalue weighted by atomic mass is 9.95. The van der Waals surface area contributed by atoms with E-state index in [0.29, 0.717) is 6.54 Å². The standard InChI is InChI=1S/C16H25N3O3S/c1-23(21,22)19(15-8-3-2-4-9-15)12-10-16(20)18-13-14-7-5-6-11-17-14/h5-7,11,15H,2-4,8-10,12-13H2,1H3,(H,18,20). The van der Waals surface area contributed by atoms with E-state index in [1.54, 1.807) is 6.20 Å². The second-order valence-electron chi connectivity index (χ2n) is 6.01. The van der Waals surface area contributed by atoms with Crippen molar-refractivity contribution in [1.82, 2.24) is 14.6 Å². The summed E-state index contributed by atoms with van der Waals surface area (Å²) in [5.74, 6) is -0.153. The molecule has 0 radical (unpaired) electrons. The van der Waals surface area contributed by atoms with Gasteiger partial charge in [0.1, 0.15) is 0 Å². The van der Waals surface area contributed by atoms with Crippen LogP contribution in [-0.4, -0.2) is 42.5 Å². The summed E-state index contributed by atoms with van der Waals surface area (Å²) in [4.78, 5) is 16.1. The molecule has 1 aromatic heterocycles. The zero-order valence-electron chi connectivity index (χ0n) is 13.6. The van der Waals surface area contributed by atoms with Crippen LogP contribution in [0.15, 0.2) is 24.4 Å². The van der Waals surface area contributed by atoms with Gasteiger partial charge in [-0.1, -0.05) is 25.3 Å². The Kier molecular flexibility index (Phi) is 6.53. The fourth-order valence-corrected chi connectivity index (χ4v) is 4.16. The van der Waals surface area contributed by atoms with Gasteiger partial charge in [-0.3, -0.25) is 9.78 Å². The van der Waals surface area contributed by atoms with Crippen LogP contribution in [0.3, 0.4) is 0 Å². The van der Waals surface area contributed by atoms with Crippen LogP contribution < -0.4 is 5.32 Å². The second kappa shape index (κ2) is 8.40. The molecule has 23 heavy (non-hydrogen) atoms. The average Bonchev–Trinajstić information content (AvgIpc) is 2.54. The molecule has 1 saturated carbocycles. The highest BCUT2D eigenvalue weighted by molar-refractivity contribution is 7.88. The molecule has 1 amide bonds. The van der Waals surface area contributed by atoms with Crippen molar-refractivity contribution in [1.29, 1.82) is 0 Å². The van der Waals surface area contributed by atoms with E-state index < -0.39 is 10.0 Å². The van der Waals surface area contributed by atoms with Gasteiger partial charge >= 0.3 is 0 Å². The van der Waals surface area contributed by atoms with Crippen molar-refractivity contribution < 1.29 is 13.2 Å². The maximum absolute atomic E-state index is 12.0. The quantitative estimate of drug-likeness (QED) is 0.820. The van der Waals surface area contributed by atoms with Crippen molar-refractivity contribution in [2.75, 3.05) is 12.8 Å². The lowest BCUT2D eigenvalue weighted by Gasteiger charge is -2.32. The van der Waals surface area contributed by atoms with Gasteiger partial charge in [-0.05, 0) is 25.0 Å². The summed E-state index contributed by atoms with van der Waals surface area (Å²) in [5.41, 5.74) is 0.785. The van der Waals surface area contributed by atoms with Gasteiger partial charge in [0.15, 0.2) is 0 Å². The molecule has 1 aliphatic rings. The van der Waals surface area contributed by atoms with Crippen molar-refractivity contribution in [3.63, 3.8) is 0 Å². The summed E-state index contributed by atoms with van der Waals surface area (Å²) in [6, 6.07) is 5.57. The largest absolute Gasteiger partial charge is 0.350 e. The van der Waals surface area contributed by atoms with E-state index >= 15 is 0 Å². The Morgan fingerprint density at radius 2 is 2.04 bits per heavy atom. The molecule has 1 aromatic rings. The number of carbonyl (C=O) groups is 1. The third-order valence-electron chi connectivity index (χ3n) is 4.16. The first-order valence-electron chi connectivity index (χ1n) is 8.10. The number of aromatic nitrogens is 1. The van der Waals surface area contributed by atoms with E-state index in [0.717, 1.165) is 31.4 Å². The highest BCUT2D eigenvalue weighted by Gasteiger charge is 2.28. The number of hydrogen-bond donors (Lipinski definition) is 1. The monoisotopic (exact) mass is 339 g/mol. The summed E-state index contributed by atoms with van der Waals surface area (Å²) in [5, 5.41) is 2.79. The van der Waals surface area contributed by atoms with Gasteiger partial charge < -0.3 is 5.32 Å². The van der Waals surface area contributed by atoms with Crippen LogP contribution in [0.5, 0.6) is 0 Å². The van der Waals surface area contributed by atoms with Gasteiger partial charge in [-0.2, -0.15) is 4.31 Å². The molecule has 0 unspecified atom stereocenters. The Hall–Kier alpha value is -1.47. The van der Waals surface area contributed by atoms with Gasteiger partial charge in [0.2, 0.25) is 15.9 Å². The first-order valence-corrected chi connectivity index (χ1v) is 9.95. The smallest absolute Gasteiger partial charge is 0.221 e. The molecule has 0 aliphatic heterocycles. The number of pyridine rings is 1. The summed E-state index contributed by atoms with van der Waals surface area (Å²) in [6.07, 6.45) is 8.15. The van der Waals surface area contributed by atoms with E-state index in [9.17, 15) is 13.2 Å². The van der Waals surface area contributed by atoms with E-state index in [4.69, 9.17) is 0 Å². The van der Waals surface area contributed by atoms with Crippen molar-refractivity contribution in [3.05, 3.63) is 30.1 Å². The van der Waals surface area contributed by atoms with Crippen molar-refractivity contribution in [2.45, 2.75) is 51.1 Å². The predicted octanol–water partition coefficient (Wildman–Crippen LogP) is 1.68.